The predicted octanol–water partition coefficient (Wildman–Crippen LogP) is 3.68. The molecule has 0 atom stereocenters. The number of aryl methyl sites for hydroxylation is 2. The topological polar surface area (TPSA) is 24.9 Å². The van der Waals surface area contributed by atoms with Gasteiger partial charge in [0.25, 0.3) is 0 Å². The Morgan fingerprint density at radius 1 is 1.33 bits per heavy atom. The predicted molar refractivity (Wildman–Crippen MR) is 76.9 cm³/mol. The first-order valence-corrected chi connectivity index (χ1v) is 7.36. The lowest BCUT2D eigenvalue weighted by molar-refractivity contribution is 0.678. The molecular weight excluding hydrogens is 240 g/mol. The Morgan fingerprint density at radius 3 is 2.94 bits per heavy atom. The van der Waals surface area contributed by atoms with Gasteiger partial charge in [0.15, 0.2) is 0 Å². The molecule has 3 rings (SSSR count). The zero-order valence-corrected chi connectivity index (χ0v) is 11.7. The highest BCUT2D eigenvalue weighted by Crippen LogP contribution is 2.28. The molecule has 2 nitrogen and oxygen atoms in total. The van der Waals surface area contributed by atoms with Crippen LogP contribution in [0, 0.1) is 13.8 Å². The number of benzene rings is 1. The minimum atomic E-state index is 0.746. The normalized spacial score (nSPS) is 15.0. The van der Waals surface area contributed by atoms with Crippen molar-refractivity contribution in [2.75, 3.05) is 0 Å². The van der Waals surface area contributed by atoms with Gasteiger partial charge in [-0.3, -0.25) is 0 Å². The molecule has 0 unspecified atom stereocenters. The molecule has 1 aliphatic rings. The van der Waals surface area contributed by atoms with E-state index in [0.29, 0.717) is 0 Å². The average molecular weight is 258 g/mol. The SMILES string of the molecule is Cc1ccc(C)c(-c2nc(CNC3CC3)cs2)c1. The van der Waals surface area contributed by atoms with Gasteiger partial charge in [0, 0.05) is 23.5 Å². The van der Waals surface area contributed by atoms with Gasteiger partial charge < -0.3 is 5.32 Å². The maximum absolute atomic E-state index is 4.74. The summed E-state index contributed by atoms with van der Waals surface area (Å²) < 4.78 is 0. The van der Waals surface area contributed by atoms with Crippen LogP contribution in [-0.4, -0.2) is 11.0 Å². The van der Waals surface area contributed by atoms with E-state index in [1.807, 2.05) is 0 Å². The summed E-state index contributed by atoms with van der Waals surface area (Å²) in [6, 6.07) is 7.30. The van der Waals surface area contributed by atoms with Crippen LogP contribution in [0.4, 0.5) is 0 Å². The van der Waals surface area contributed by atoms with Gasteiger partial charge in [-0.25, -0.2) is 4.98 Å². The lowest BCUT2D eigenvalue weighted by Crippen LogP contribution is -2.15. The summed E-state index contributed by atoms with van der Waals surface area (Å²) in [7, 11) is 0. The second-order valence-electron chi connectivity index (χ2n) is 5.12. The highest BCUT2D eigenvalue weighted by molar-refractivity contribution is 7.13. The molecule has 0 aliphatic heterocycles. The number of thiazole rings is 1. The van der Waals surface area contributed by atoms with E-state index in [1.165, 1.54) is 35.2 Å². The van der Waals surface area contributed by atoms with Crippen molar-refractivity contribution in [3.05, 3.63) is 40.4 Å². The molecule has 0 spiro atoms. The molecule has 1 aromatic heterocycles. The van der Waals surface area contributed by atoms with Gasteiger partial charge in [-0.1, -0.05) is 17.7 Å². The first-order chi connectivity index (χ1) is 8.72. The summed E-state index contributed by atoms with van der Waals surface area (Å²) >= 11 is 1.75. The maximum Gasteiger partial charge on any atom is 0.123 e. The smallest absolute Gasteiger partial charge is 0.123 e. The van der Waals surface area contributed by atoms with Crippen molar-refractivity contribution in [2.24, 2.45) is 0 Å². The average Bonchev–Trinajstić information content (AvgIpc) is 3.08. The first-order valence-electron chi connectivity index (χ1n) is 6.48. The van der Waals surface area contributed by atoms with Crippen LogP contribution in [0.25, 0.3) is 10.6 Å². The van der Waals surface area contributed by atoms with E-state index in [0.717, 1.165) is 17.6 Å². The number of rotatable bonds is 4. The third-order valence-electron chi connectivity index (χ3n) is 3.32. The van der Waals surface area contributed by atoms with Gasteiger partial charge in [-0.2, -0.15) is 0 Å². The summed E-state index contributed by atoms with van der Waals surface area (Å²) in [5, 5.41) is 6.82. The Hall–Kier alpha value is -1.19. The Balaban J connectivity index is 1.80. The van der Waals surface area contributed by atoms with Crippen LogP contribution in [0.3, 0.4) is 0 Å². The van der Waals surface area contributed by atoms with Crippen LogP contribution in [0.2, 0.25) is 0 Å². The standard InChI is InChI=1S/C15H18N2S/c1-10-3-4-11(2)14(7-10)15-17-13(9-18-15)8-16-12-5-6-12/h3-4,7,9,12,16H,5-6,8H2,1-2H3. The quantitative estimate of drug-likeness (QED) is 0.905. The second-order valence-corrected chi connectivity index (χ2v) is 5.98. The maximum atomic E-state index is 4.74. The second kappa shape index (κ2) is 4.82. The van der Waals surface area contributed by atoms with E-state index < -0.39 is 0 Å². The van der Waals surface area contributed by atoms with Gasteiger partial charge in [-0.05, 0) is 38.3 Å². The van der Waals surface area contributed by atoms with Crippen LogP contribution in [-0.2, 0) is 6.54 Å². The Kier molecular flexibility index (Phi) is 3.18. The zero-order valence-electron chi connectivity index (χ0n) is 10.9. The molecular formula is C15H18N2S. The Morgan fingerprint density at radius 2 is 2.17 bits per heavy atom. The highest BCUT2D eigenvalue weighted by atomic mass is 32.1. The van der Waals surface area contributed by atoms with E-state index in [9.17, 15) is 0 Å². The van der Waals surface area contributed by atoms with Crippen molar-refractivity contribution in [1.82, 2.24) is 10.3 Å². The van der Waals surface area contributed by atoms with E-state index in [-0.39, 0.29) is 0 Å². The summed E-state index contributed by atoms with van der Waals surface area (Å²) in [5.74, 6) is 0. The van der Waals surface area contributed by atoms with Crippen LogP contribution >= 0.6 is 11.3 Å². The fourth-order valence-electron chi connectivity index (χ4n) is 2.01. The van der Waals surface area contributed by atoms with Crippen molar-refractivity contribution in [2.45, 2.75) is 39.3 Å². The van der Waals surface area contributed by atoms with Gasteiger partial charge >= 0.3 is 0 Å². The Bertz CT molecular complexity index is 555. The Labute approximate surface area is 112 Å². The molecule has 0 saturated heterocycles. The summed E-state index contributed by atoms with van der Waals surface area (Å²) in [4.78, 5) is 4.74. The number of aromatic nitrogens is 1. The molecule has 1 saturated carbocycles. The molecule has 1 aliphatic carbocycles. The summed E-state index contributed by atoms with van der Waals surface area (Å²) in [5.41, 5.74) is 5.04. The molecule has 0 amide bonds. The summed E-state index contributed by atoms with van der Waals surface area (Å²) in [6.07, 6.45) is 2.65. The number of hydrogen-bond donors (Lipinski definition) is 1. The highest BCUT2D eigenvalue weighted by Gasteiger charge is 2.20. The molecule has 0 bridgehead atoms. The van der Waals surface area contributed by atoms with E-state index >= 15 is 0 Å². The lowest BCUT2D eigenvalue weighted by atomic mass is 10.1. The fourth-order valence-corrected chi connectivity index (χ4v) is 2.92. The third kappa shape index (κ3) is 2.62. The van der Waals surface area contributed by atoms with Gasteiger partial charge in [0.05, 0.1) is 5.69 Å². The molecule has 2 aromatic rings. The molecule has 0 radical (unpaired) electrons. The summed E-state index contributed by atoms with van der Waals surface area (Å²) in [6.45, 7) is 5.19. The van der Waals surface area contributed by atoms with Crippen molar-refractivity contribution < 1.29 is 0 Å². The van der Waals surface area contributed by atoms with Crippen LogP contribution in [0.15, 0.2) is 23.6 Å². The molecule has 94 valence electrons. The molecule has 1 aromatic carbocycles. The molecule has 18 heavy (non-hydrogen) atoms. The first kappa shape index (κ1) is 11.9. The fraction of sp³-hybridized carbons (Fsp3) is 0.400. The molecule has 1 N–H and O–H groups in total. The van der Waals surface area contributed by atoms with Gasteiger partial charge in [0.2, 0.25) is 0 Å². The third-order valence-corrected chi connectivity index (χ3v) is 4.25. The minimum Gasteiger partial charge on any atom is -0.308 e. The monoisotopic (exact) mass is 258 g/mol. The van der Waals surface area contributed by atoms with Crippen molar-refractivity contribution in [3.8, 4) is 10.6 Å². The largest absolute Gasteiger partial charge is 0.308 e. The van der Waals surface area contributed by atoms with Crippen molar-refractivity contribution in [1.29, 1.82) is 0 Å². The van der Waals surface area contributed by atoms with Crippen molar-refractivity contribution in [3.63, 3.8) is 0 Å². The van der Waals surface area contributed by atoms with Crippen LogP contribution in [0.5, 0.6) is 0 Å². The number of hydrogen-bond acceptors (Lipinski definition) is 3. The van der Waals surface area contributed by atoms with Gasteiger partial charge in [0.1, 0.15) is 5.01 Å². The molecule has 1 fully saturated rings. The molecule has 3 heteroatoms. The van der Waals surface area contributed by atoms with E-state index in [2.05, 4.69) is 42.7 Å². The van der Waals surface area contributed by atoms with E-state index in [4.69, 9.17) is 4.98 Å². The number of nitrogens with zero attached hydrogens (tertiary/aromatic N) is 1. The zero-order chi connectivity index (χ0) is 12.5. The van der Waals surface area contributed by atoms with Crippen LogP contribution in [0.1, 0.15) is 29.7 Å². The minimum absolute atomic E-state index is 0.746. The van der Waals surface area contributed by atoms with E-state index in [1.54, 1.807) is 11.3 Å². The van der Waals surface area contributed by atoms with Crippen molar-refractivity contribution >= 4 is 11.3 Å². The number of nitrogens with one attached hydrogen (secondary N) is 1. The van der Waals surface area contributed by atoms with Gasteiger partial charge in [-0.15, -0.1) is 11.3 Å². The van der Waals surface area contributed by atoms with Crippen LogP contribution < -0.4 is 5.32 Å². The molecule has 1 heterocycles. The lowest BCUT2D eigenvalue weighted by Gasteiger charge is -2.03.